The molecule has 6 heteroatoms. The number of carboxylic acid groups (broad SMARTS) is 1. The Morgan fingerprint density at radius 2 is 2.25 bits per heavy atom. The summed E-state index contributed by atoms with van der Waals surface area (Å²) in [6.07, 6.45) is 4.41. The molecule has 0 atom stereocenters. The van der Waals surface area contributed by atoms with Crippen molar-refractivity contribution in [3.8, 4) is 0 Å². The van der Waals surface area contributed by atoms with Crippen molar-refractivity contribution in [2.24, 2.45) is 5.92 Å². The van der Waals surface area contributed by atoms with E-state index in [-0.39, 0.29) is 0 Å². The number of piperidine rings is 1. The van der Waals surface area contributed by atoms with Gasteiger partial charge in [0.1, 0.15) is 0 Å². The standard InChI is InChI=1S/C10H16N4O2/c11-9-5-12-14(7-9)6-8-1-3-13(4-2-8)10(15)16/h5,7-8H,1-4,6,11H2,(H,15,16). The second kappa shape index (κ2) is 4.42. The zero-order valence-corrected chi connectivity index (χ0v) is 9.04. The average molecular weight is 224 g/mol. The maximum atomic E-state index is 10.7. The monoisotopic (exact) mass is 224 g/mol. The summed E-state index contributed by atoms with van der Waals surface area (Å²) < 4.78 is 1.83. The van der Waals surface area contributed by atoms with Gasteiger partial charge in [-0.1, -0.05) is 0 Å². The van der Waals surface area contributed by atoms with E-state index in [0.717, 1.165) is 19.4 Å². The number of rotatable bonds is 2. The molecule has 0 aliphatic carbocycles. The van der Waals surface area contributed by atoms with Gasteiger partial charge in [-0.15, -0.1) is 0 Å². The molecule has 0 saturated carbocycles. The van der Waals surface area contributed by atoms with Gasteiger partial charge in [-0.2, -0.15) is 5.10 Å². The summed E-state index contributed by atoms with van der Waals surface area (Å²) in [5.41, 5.74) is 6.25. The fraction of sp³-hybridized carbons (Fsp3) is 0.600. The Morgan fingerprint density at radius 3 is 2.75 bits per heavy atom. The van der Waals surface area contributed by atoms with Gasteiger partial charge in [-0.05, 0) is 18.8 Å². The van der Waals surface area contributed by atoms with Crippen molar-refractivity contribution in [2.45, 2.75) is 19.4 Å². The van der Waals surface area contributed by atoms with Crippen LogP contribution in [-0.4, -0.2) is 39.0 Å². The Morgan fingerprint density at radius 1 is 1.56 bits per heavy atom. The quantitative estimate of drug-likeness (QED) is 0.780. The number of hydrogen-bond donors (Lipinski definition) is 2. The van der Waals surface area contributed by atoms with Crippen LogP contribution in [-0.2, 0) is 6.54 Å². The molecule has 2 rings (SSSR count). The van der Waals surface area contributed by atoms with E-state index in [9.17, 15) is 4.79 Å². The summed E-state index contributed by atoms with van der Waals surface area (Å²) in [4.78, 5) is 12.2. The van der Waals surface area contributed by atoms with E-state index in [0.29, 0.717) is 24.7 Å². The summed E-state index contributed by atoms with van der Waals surface area (Å²) >= 11 is 0. The third kappa shape index (κ3) is 2.44. The number of hydrogen-bond acceptors (Lipinski definition) is 3. The number of nitrogens with zero attached hydrogens (tertiary/aromatic N) is 3. The van der Waals surface area contributed by atoms with Gasteiger partial charge in [0, 0.05) is 25.8 Å². The normalized spacial score (nSPS) is 17.6. The summed E-state index contributed by atoms with van der Waals surface area (Å²) in [5, 5.41) is 12.9. The van der Waals surface area contributed by atoms with Crippen molar-refractivity contribution in [3.63, 3.8) is 0 Å². The molecule has 1 aliphatic heterocycles. The molecule has 1 aromatic heterocycles. The first-order chi connectivity index (χ1) is 7.65. The van der Waals surface area contributed by atoms with E-state index < -0.39 is 6.09 Å². The zero-order valence-electron chi connectivity index (χ0n) is 9.04. The highest BCUT2D eigenvalue weighted by atomic mass is 16.4. The van der Waals surface area contributed by atoms with E-state index in [1.165, 1.54) is 4.90 Å². The largest absolute Gasteiger partial charge is 0.465 e. The predicted octanol–water partition coefficient (Wildman–Crippen LogP) is 0.855. The van der Waals surface area contributed by atoms with Crippen molar-refractivity contribution >= 4 is 11.8 Å². The molecule has 16 heavy (non-hydrogen) atoms. The molecule has 88 valence electrons. The SMILES string of the molecule is Nc1cnn(CC2CCN(C(=O)O)CC2)c1. The summed E-state index contributed by atoms with van der Waals surface area (Å²) in [7, 11) is 0. The molecule has 3 N–H and O–H groups in total. The maximum absolute atomic E-state index is 10.7. The topological polar surface area (TPSA) is 84.4 Å². The molecule has 6 nitrogen and oxygen atoms in total. The first-order valence-electron chi connectivity index (χ1n) is 5.41. The number of amides is 1. The molecule has 1 saturated heterocycles. The molecule has 1 fully saturated rings. The molecule has 0 bridgehead atoms. The zero-order chi connectivity index (χ0) is 11.5. The van der Waals surface area contributed by atoms with Crippen LogP contribution in [0, 0.1) is 5.92 Å². The lowest BCUT2D eigenvalue weighted by molar-refractivity contribution is 0.121. The lowest BCUT2D eigenvalue weighted by atomic mass is 9.97. The first kappa shape index (κ1) is 10.8. The van der Waals surface area contributed by atoms with E-state index in [1.54, 1.807) is 6.20 Å². The van der Waals surface area contributed by atoms with Crippen molar-refractivity contribution < 1.29 is 9.90 Å². The Bertz CT molecular complexity index is 369. The van der Waals surface area contributed by atoms with Crippen LogP contribution in [0.2, 0.25) is 0 Å². The van der Waals surface area contributed by atoms with Crippen molar-refractivity contribution in [1.29, 1.82) is 0 Å². The first-order valence-corrected chi connectivity index (χ1v) is 5.41. The molecule has 2 heterocycles. The van der Waals surface area contributed by atoms with Gasteiger partial charge in [0.05, 0.1) is 11.9 Å². The average Bonchev–Trinajstić information content (AvgIpc) is 2.65. The Labute approximate surface area is 93.6 Å². The smallest absolute Gasteiger partial charge is 0.407 e. The van der Waals surface area contributed by atoms with Crippen LogP contribution in [0.4, 0.5) is 10.5 Å². The number of nitrogen functional groups attached to an aromatic ring is 1. The molecule has 1 aliphatic rings. The number of likely N-dealkylation sites (tertiary alicyclic amines) is 1. The number of nitrogens with two attached hydrogens (primary N) is 1. The number of anilines is 1. The van der Waals surface area contributed by atoms with Crippen LogP contribution in [0.3, 0.4) is 0 Å². The summed E-state index contributed by atoms with van der Waals surface area (Å²) in [5.74, 6) is 0.495. The second-order valence-electron chi connectivity index (χ2n) is 4.21. The minimum absolute atomic E-state index is 0.495. The van der Waals surface area contributed by atoms with Crippen LogP contribution in [0.5, 0.6) is 0 Å². The fourth-order valence-corrected chi connectivity index (χ4v) is 2.05. The highest BCUT2D eigenvalue weighted by Crippen LogP contribution is 2.19. The maximum Gasteiger partial charge on any atom is 0.407 e. The van der Waals surface area contributed by atoms with E-state index in [2.05, 4.69) is 5.10 Å². The van der Waals surface area contributed by atoms with E-state index in [4.69, 9.17) is 10.8 Å². The Kier molecular flexibility index (Phi) is 2.98. The summed E-state index contributed by atoms with van der Waals surface area (Å²) in [6.45, 7) is 2.07. The molecular formula is C10H16N4O2. The van der Waals surface area contributed by atoms with Gasteiger partial charge >= 0.3 is 6.09 Å². The summed E-state index contributed by atoms with van der Waals surface area (Å²) in [6, 6.07) is 0. The van der Waals surface area contributed by atoms with Crippen LogP contribution >= 0.6 is 0 Å². The van der Waals surface area contributed by atoms with E-state index in [1.807, 2.05) is 10.9 Å². The third-order valence-electron chi connectivity index (χ3n) is 2.98. The minimum atomic E-state index is -0.818. The van der Waals surface area contributed by atoms with Crippen molar-refractivity contribution in [2.75, 3.05) is 18.8 Å². The molecule has 0 unspecified atom stereocenters. The van der Waals surface area contributed by atoms with Gasteiger partial charge < -0.3 is 15.7 Å². The molecular weight excluding hydrogens is 208 g/mol. The second-order valence-corrected chi connectivity index (χ2v) is 4.21. The van der Waals surface area contributed by atoms with Crippen LogP contribution in [0.25, 0.3) is 0 Å². The van der Waals surface area contributed by atoms with Crippen molar-refractivity contribution in [1.82, 2.24) is 14.7 Å². The predicted molar refractivity (Wildman–Crippen MR) is 59.0 cm³/mol. The van der Waals surface area contributed by atoms with Crippen LogP contribution in [0.15, 0.2) is 12.4 Å². The van der Waals surface area contributed by atoms with Crippen LogP contribution in [0.1, 0.15) is 12.8 Å². The minimum Gasteiger partial charge on any atom is -0.465 e. The molecule has 0 spiro atoms. The lowest BCUT2D eigenvalue weighted by Gasteiger charge is -2.29. The fourth-order valence-electron chi connectivity index (χ4n) is 2.05. The lowest BCUT2D eigenvalue weighted by Crippen LogP contribution is -2.38. The Hall–Kier alpha value is -1.72. The number of carbonyl (C=O) groups is 1. The van der Waals surface area contributed by atoms with Gasteiger partial charge in [0.15, 0.2) is 0 Å². The van der Waals surface area contributed by atoms with E-state index >= 15 is 0 Å². The highest BCUT2D eigenvalue weighted by molar-refractivity contribution is 5.64. The van der Waals surface area contributed by atoms with Gasteiger partial charge in [0.25, 0.3) is 0 Å². The van der Waals surface area contributed by atoms with Gasteiger partial charge in [-0.25, -0.2) is 4.79 Å². The van der Waals surface area contributed by atoms with Crippen molar-refractivity contribution in [3.05, 3.63) is 12.4 Å². The molecule has 1 amide bonds. The molecule has 0 aromatic carbocycles. The molecule has 1 aromatic rings. The van der Waals surface area contributed by atoms with Crippen LogP contribution < -0.4 is 5.73 Å². The van der Waals surface area contributed by atoms with Gasteiger partial charge in [-0.3, -0.25) is 4.68 Å². The van der Waals surface area contributed by atoms with Gasteiger partial charge in [0.2, 0.25) is 0 Å². The number of aromatic nitrogens is 2. The molecule has 0 radical (unpaired) electrons. The Balaban J connectivity index is 1.83. The highest BCUT2D eigenvalue weighted by Gasteiger charge is 2.22. The third-order valence-corrected chi connectivity index (χ3v) is 2.98.